The average Bonchev–Trinajstić information content (AvgIpc) is 2.59. The minimum Gasteiger partial charge on any atom is -0.464 e. The molecule has 0 saturated carbocycles. The molecule has 8 heteroatoms. The molecule has 1 aliphatic rings. The molecule has 7 nitrogen and oxygen atoms in total. The monoisotopic (exact) mass is 367 g/mol. The number of aryl methyl sites for hydroxylation is 1. The first-order chi connectivity index (χ1) is 12.2. The van der Waals surface area contributed by atoms with Crippen molar-refractivity contribution in [3.05, 3.63) is 29.3 Å². The normalized spacial score (nSPS) is 17.7. The summed E-state index contributed by atoms with van der Waals surface area (Å²) in [6.45, 7) is 7.17. The first kappa shape index (κ1) is 20.1. The van der Waals surface area contributed by atoms with Gasteiger partial charge in [0, 0.05) is 25.7 Å². The molecule has 1 N–H and O–H groups in total. The Hall–Kier alpha value is -2.22. The van der Waals surface area contributed by atoms with Gasteiger partial charge < -0.3 is 19.7 Å². The summed E-state index contributed by atoms with van der Waals surface area (Å²) in [6.07, 6.45) is 0.575. The van der Waals surface area contributed by atoms with Gasteiger partial charge >= 0.3 is 12.1 Å². The molecule has 26 heavy (non-hydrogen) atoms. The molecule has 0 bridgehead atoms. The number of ether oxygens (including phenoxy) is 2. The first-order valence-corrected chi connectivity index (χ1v) is 8.64. The molecular formula is C18H26FN3O4. The van der Waals surface area contributed by atoms with Gasteiger partial charge in [-0.05, 0) is 45.7 Å². The van der Waals surface area contributed by atoms with Crippen LogP contribution in [0.3, 0.4) is 0 Å². The van der Waals surface area contributed by atoms with E-state index in [4.69, 9.17) is 4.74 Å². The lowest BCUT2D eigenvalue weighted by molar-refractivity contribution is 0.0192. The van der Waals surface area contributed by atoms with E-state index in [9.17, 15) is 14.0 Å². The Balaban J connectivity index is 1.95. The number of hydrogen-bond acceptors (Lipinski definition) is 6. The molecule has 1 atom stereocenters. The van der Waals surface area contributed by atoms with Crippen LogP contribution in [0.4, 0.5) is 9.18 Å². The highest BCUT2D eigenvalue weighted by Crippen LogP contribution is 2.15. The molecule has 1 aromatic heterocycles. The number of rotatable bonds is 4. The van der Waals surface area contributed by atoms with Crippen molar-refractivity contribution >= 4 is 12.1 Å². The van der Waals surface area contributed by atoms with Crippen LogP contribution in [0, 0.1) is 5.82 Å². The number of esters is 1. The highest BCUT2D eigenvalue weighted by Gasteiger charge is 2.27. The highest BCUT2D eigenvalue weighted by atomic mass is 19.1. The van der Waals surface area contributed by atoms with E-state index in [2.05, 4.69) is 15.0 Å². The molecular weight excluding hydrogens is 341 g/mol. The summed E-state index contributed by atoms with van der Waals surface area (Å²) in [6, 6.07) is 2.52. The standard InChI is InChI=1S/C18H26FN3O4/c1-18(2,3)26-17(24)22-10-9-20-12(11-22)5-7-14-13(19)6-8-15(21-14)16(23)25-4/h6,8,12,20H,5,7,9-11H2,1-4H3/t12-/m0/s1. The lowest BCUT2D eigenvalue weighted by Gasteiger charge is -2.35. The fourth-order valence-electron chi connectivity index (χ4n) is 2.70. The van der Waals surface area contributed by atoms with E-state index >= 15 is 0 Å². The maximum Gasteiger partial charge on any atom is 0.410 e. The number of nitrogens with one attached hydrogen (secondary N) is 1. The third-order valence-electron chi connectivity index (χ3n) is 3.95. The van der Waals surface area contributed by atoms with Gasteiger partial charge in [0.2, 0.25) is 0 Å². The Kier molecular flexibility index (Phi) is 6.52. The van der Waals surface area contributed by atoms with E-state index in [1.54, 1.807) is 4.90 Å². The molecule has 1 aliphatic heterocycles. The van der Waals surface area contributed by atoms with Crippen LogP contribution in [0.1, 0.15) is 43.4 Å². The molecule has 0 radical (unpaired) electrons. The van der Waals surface area contributed by atoms with Crippen molar-refractivity contribution in [1.82, 2.24) is 15.2 Å². The van der Waals surface area contributed by atoms with Gasteiger partial charge in [0.15, 0.2) is 0 Å². The van der Waals surface area contributed by atoms with E-state index in [1.807, 2.05) is 20.8 Å². The van der Waals surface area contributed by atoms with Crippen LogP contribution in [-0.2, 0) is 15.9 Å². The summed E-state index contributed by atoms with van der Waals surface area (Å²) < 4.78 is 24.0. The quantitative estimate of drug-likeness (QED) is 0.822. The molecule has 0 aromatic carbocycles. The molecule has 1 aromatic rings. The number of carbonyl (C=O) groups is 2. The SMILES string of the molecule is COC(=O)c1ccc(F)c(CC[C@H]2CN(C(=O)OC(C)(C)C)CCN2)n1. The minimum atomic E-state index is -0.599. The maximum absolute atomic E-state index is 14.0. The van der Waals surface area contributed by atoms with E-state index in [0.29, 0.717) is 32.5 Å². The summed E-state index contributed by atoms with van der Waals surface area (Å²) in [5.74, 6) is -1.06. The van der Waals surface area contributed by atoms with Crippen LogP contribution >= 0.6 is 0 Å². The van der Waals surface area contributed by atoms with Crippen LogP contribution in [0.2, 0.25) is 0 Å². The molecule has 144 valence electrons. The van der Waals surface area contributed by atoms with Gasteiger partial charge in [-0.3, -0.25) is 0 Å². The second-order valence-electron chi connectivity index (χ2n) is 7.23. The van der Waals surface area contributed by atoms with Gasteiger partial charge in [0.05, 0.1) is 12.8 Å². The van der Waals surface area contributed by atoms with E-state index in [1.165, 1.54) is 19.2 Å². The van der Waals surface area contributed by atoms with Crippen molar-refractivity contribution in [1.29, 1.82) is 0 Å². The minimum absolute atomic E-state index is 0.000693. The van der Waals surface area contributed by atoms with E-state index in [0.717, 1.165) is 0 Å². The Labute approximate surface area is 152 Å². The number of nitrogens with zero attached hydrogens (tertiary/aromatic N) is 2. The summed E-state index contributed by atoms with van der Waals surface area (Å²) in [4.78, 5) is 29.4. The van der Waals surface area contributed by atoms with Gasteiger partial charge in [0.1, 0.15) is 17.1 Å². The summed E-state index contributed by atoms with van der Waals surface area (Å²) in [5.41, 5.74) is -0.251. The van der Waals surface area contributed by atoms with Crippen LogP contribution in [0.25, 0.3) is 0 Å². The lowest BCUT2D eigenvalue weighted by atomic mass is 10.1. The number of aromatic nitrogens is 1. The number of amides is 1. The summed E-state index contributed by atoms with van der Waals surface area (Å²) >= 11 is 0. The molecule has 0 unspecified atom stereocenters. The van der Waals surface area contributed by atoms with Gasteiger partial charge in [-0.2, -0.15) is 0 Å². The second-order valence-corrected chi connectivity index (χ2v) is 7.23. The van der Waals surface area contributed by atoms with Gasteiger partial charge in [0.25, 0.3) is 0 Å². The number of piperazine rings is 1. The molecule has 0 aliphatic carbocycles. The Morgan fingerprint density at radius 2 is 2.12 bits per heavy atom. The van der Waals surface area contributed by atoms with Crippen LogP contribution in [0.5, 0.6) is 0 Å². The molecule has 1 fully saturated rings. The largest absolute Gasteiger partial charge is 0.464 e. The van der Waals surface area contributed by atoms with Crippen molar-refractivity contribution < 1.29 is 23.5 Å². The Morgan fingerprint density at radius 1 is 1.38 bits per heavy atom. The van der Waals surface area contributed by atoms with Crippen LogP contribution in [-0.4, -0.2) is 60.3 Å². The average molecular weight is 367 g/mol. The van der Waals surface area contributed by atoms with Gasteiger partial charge in [-0.15, -0.1) is 0 Å². The van der Waals surface area contributed by atoms with Crippen LogP contribution in [0.15, 0.2) is 12.1 Å². The summed E-state index contributed by atoms with van der Waals surface area (Å²) in [5, 5.41) is 3.31. The fraction of sp³-hybridized carbons (Fsp3) is 0.611. The lowest BCUT2D eigenvalue weighted by Crippen LogP contribution is -2.53. The number of pyridine rings is 1. The molecule has 2 heterocycles. The Morgan fingerprint density at radius 3 is 2.77 bits per heavy atom. The summed E-state index contributed by atoms with van der Waals surface area (Å²) in [7, 11) is 1.25. The zero-order chi connectivity index (χ0) is 19.3. The number of methoxy groups -OCH3 is 1. The van der Waals surface area contributed by atoms with E-state index in [-0.39, 0.29) is 23.5 Å². The van der Waals surface area contributed by atoms with Crippen molar-refractivity contribution in [3.8, 4) is 0 Å². The number of carbonyl (C=O) groups excluding carboxylic acids is 2. The molecule has 2 rings (SSSR count). The fourth-order valence-corrected chi connectivity index (χ4v) is 2.70. The number of hydrogen-bond donors (Lipinski definition) is 1. The van der Waals surface area contributed by atoms with Gasteiger partial charge in [-0.1, -0.05) is 0 Å². The molecule has 1 saturated heterocycles. The predicted molar refractivity (Wildman–Crippen MR) is 93.5 cm³/mol. The molecule has 0 spiro atoms. The van der Waals surface area contributed by atoms with Crippen molar-refractivity contribution in [2.24, 2.45) is 0 Å². The van der Waals surface area contributed by atoms with Crippen LogP contribution < -0.4 is 5.32 Å². The third kappa shape index (κ3) is 5.66. The first-order valence-electron chi connectivity index (χ1n) is 8.64. The molecule has 1 amide bonds. The zero-order valence-corrected chi connectivity index (χ0v) is 15.7. The third-order valence-corrected chi connectivity index (χ3v) is 3.95. The van der Waals surface area contributed by atoms with E-state index < -0.39 is 17.4 Å². The van der Waals surface area contributed by atoms with Crippen molar-refractivity contribution in [2.75, 3.05) is 26.7 Å². The second kappa shape index (κ2) is 8.44. The van der Waals surface area contributed by atoms with Gasteiger partial charge in [-0.25, -0.2) is 19.0 Å². The predicted octanol–water partition coefficient (Wildman–Crippen LogP) is 2.15. The topological polar surface area (TPSA) is 80.8 Å². The number of halogens is 1. The highest BCUT2D eigenvalue weighted by molar-refractivity contribution is 5.87. The zero-order valence-electron chi connectivity index (χ0n) is 15.7. The van der Waals surface area contributed by atoms with Crippen molar-refractivity contribution in [3.63, 3.8) is 0 Å². The smallest absolute Gasteiger partial charge is 0.410 e. The maximum atomic E-state index is 14.0. The Bertz CT molecular complexity index is 660. The van der Waals surface area contributed by atoms with Crippen molar-refractivity contribution in [2.45, 2.75) is 45.3 Å².